The lowest BCUT2D eigenvalue weighted by molar-refractivity contribution is -0.436. The van der Waals surface area contributed by atoms with E-state index in [1.165, 1.54) is 12.1 Å². The molecule has 0 radical (unpaired) electrons. The summed E-state index contributed by atoms with van der Waals surface area (Å²) >= 11 is 4.43. The highest BCUT2D eigenvalue weighted by molar-refractivity contribution is 7.85. The second kappa shape index (κ2) is 13.9. The highest BCUT2D eigenvalue weighted by Gasteiger charge is 2.45. The van der Waals surface area contributed by atoms with Crippen molar-refractivity contribution in [1.29, 1.82) is 0 Å². The number of halogens is 1. The third kappa shape index (κ3) is 7.35. The second-order valence-corrected chi connectivity index (χ2v) is 15.7. The van der Waals surface area contributed by atoms with Crippen LogP contribution in [0.1, 0.15) is 64.5 Å². The SMILES string of the molecule is CC1(C)C(=CC=C2CCC(C=CC3=[N+](CCC(=O)O)c4ccc(OS(=O)O)cc4C3(C)C)=C2Cl)N(CCC(=O)O)c2ccc(S(=O)(=O)O)cc21. The largest absolute Gasteiger partial charge is 0.481 e. The first kappa shape index (κ1) is 37.2. The molecule has 5 rings (SSSR count). The predicted molar refractivity (Wildman–Crippen MR) is 189 cm³/mol. The zero-order chi connectivity index (χ0) is 36.8. The van der Waals surface area contributed by atoms with Gasteiger partial charge >= 0.3 is 23.3 Å². The molecule has 0 fully saturated rings. The van der Waals surface area contributed by atoms with Crippen LogP contribution in [-0.4, -0.2) is 67.3 Å². The van der Waals surface area contributed by atoms with E-state index in [4.69, 9.17) is 15.8 Å². The molecule has 0 saturated carbocycles. The van der Waals surface area contributed by atoms with Crippen LogP contribution in [0.3, 0.4) is 0 Å². The third-order valence-corrected chi connectivity index (χ3v) is 11.1. The number of carboxylic acids is 2. The highest BCUT2D eigenvalue weighted by atomic mass is 35.5. The molecule has 0 amide bonds. The van der Waals surface area contributed by atoms with Gasteiger partial charge < -0.3 is 19.3 Å². The Hall–Kier alpha value is -4.08. The minimum Gasteiger partial charge on any atom is -0.481 e. The smallest absolute Gasteiger partial charge is 0.357 e. The van der Waals surface area contributed by atoms with Crippen molar-refractivity contribution in [3.8, 4) is 5.75 Å². The van der Waals surface area contributed by atoms with Gasteiger partial charge in [-0.25, -0.2) is 0 Å². The summed E-state index contributed by atoms with van der Waals surface area (Å²) in [5, 5.41) is 19.4. The lowest BCUT2D eigenvalue weighted by atomic mass is 9.81. The van der Waals surface area contributed by atoms with Crippen LogP contribution in [0.5, 0.6) is 5.75 Å². The van der Waals surface area contributed by atoms with Gasteiger partial charge in [0.2, 0.25) is 5.69 Å². The number of hydrogen-bond acceptors (Lipinski definition) is 7. The maximum atomic E-state index is 11.9. The molecule has 4 N–H and O–H groups in total. The van der Waals surface area contributed by atoms with E-state index in [1.807, 2.05) is 61.5 Å². The molecular formula is C35H38ClN2O10S2+. The molecule has 1 aliphatic carbocycles. The normalized spacial score (nSPS) is 20.3. The van der Waals surface area contributed by atoms with E-state index in [-0.39, 0.29) is 36.6 Å². The molecule has 2 heterocycles. The summed E-state index contributed by atoms with van der Waals surface area (Å²) in [7, 11) is -4.46. The molecule has 50 heavy (non-hydrogen) atoms. The fourth-order valence-electron chi connectivity index (χ4n) is 6.87. The van der Waals surface area contributed by atoms with E-state index in [1.54, 1.807) is 24.3 Å². The van der Waals surface area contributed by atoms with Gasteiger partial charge in [0.15, 0.2) is 12.3 Å². The third-order valence-electron chi connectivity index (χ3n) is 9.40. The van der Waals surface area contributed by atoms with Crippen LogP contribution >= 0.6 is 11.6 Å². The van der Waals surface area contributed by atoms with E-state index in [2.05, 4.69) is 0 Å². The molecule has 2 aromatic rings. The van der Waals surface area contributed by atoms with Gasteiger partial charge in [-0.3, -0.25) is 18.7 Å². The average molecular weight is 746 g/mol. The number of carboxylic acid groups (broad SMARTS) is 2. The Bertz CT molecular complexity index is 2080. The first-order valence-corrected chi connectivity index (χ1v) is 18.6. The number of nitrogens with zero attached hydrogens (tertiary/aromatic N) is 2. The van der Waals surface area contributed by atoms with Gasteiger partial charge in [0.25, 0.3) is 10.1 Å². The number of aliphatic carboxylic acids is 2. The van der Waals surface area contributed by atoms with Gasteiger partial charge in [-0.1, -0.05) is 37.6 Å². The minimum atomic E-state index is -4.46. The van der Waals surface area contributed by atoms with Crippen LogP contribution in [0.2, 0.25) is 0 Å². The van der Waals surface area contributed by atoms with Gasteiger partial charge in [0.05, 0.1) is 16.7 Å². The standard InChI is InChI=1S/C35H37ClN2O10S2/c1-34(2)25-19-23(48-49(43)44)9-11-27(25)37(17-15-31(39)40)29(34)13-7-21-5-6-22(33(21)36)8-14-30-35(3,4)26-20-24(50(45,46)47)10-12-28(26)38(30)18-16-32(41)42/h7-14,19-20H,5-6,15-18H2,1-4H3,(H3-,39,40,41,42,43,44,45,46,47)/p+1. The Morgan fingerprint density at radius 1 is 0.980 bits per heavy atom. The summed E-state index contributed by atoms with van der Waals surface area (Å²) in [6.07, 6.45) is 8.58. The van der Waals surface area contributed by atoms with Gasteiger partial charge in [0.1, 0.15) is 12.2 Å². The van der Waals surface area contributed by atoms with Crippen LogP contribution in [0.15, 0.2) is 87.5 Å². The lowest BCUT2D eigenvalue weighted by Crippen LogP contribution is -2.28. The van der Waals surface area contributed by atoms with Crippen LogP contribution in [0, 0.1) is 0 Å². The molecule has 2 aliphatic heterocycles. The van der Waals surface area contributed by atoms with Crippen LogP contribution in [0.4, 0.5) is 11.4 Å². The maximum Gasteiger partial charge on any atom is 0.357 e. The molecule has 0 spiro atoms. The molecule has 0 saturated heterocycles. The summed E-state index contributed by atoms with van der Waals surface area (Å²) in [6, 6.07) is 9.27. The number of rotatable bonds is 12. The quantitative estimate of drug-likeness (QED) is 0.110. The summed E-state index contributed by atoms with van der Waals surface area (Å²) in [6.45, 7) is 8.10. The minimum absolute atomic E-state index is 0.113. The van der Waals surface area contributed by atoms with E-state index in [0.29, 0.717) is 29.1 Å². The Labute approximate surface area is 298 Å². The van der Waals surface area contributed by atoms with Crippen molar-refractivity contribution in [3.63, 3.8) is 0 Å². The van der Waals surface area contributed by atoms with E-state index in [0.717, 1.165) is 33.8 Å². The number of carbonyl (C=O) groups is 2. The first-order chi connectivity index (χ1) is 23.3. The van der Waals surface area contributed by atoms with Crippen molar-refractivity contribution in [2.75, 3.05) is 18.0 Å². The molecule has 2 aromatic carbocycles. The van der Waals surface area contributed by atoms with Crippen molar-refractivity contribution < 1.29 is 50.3 Å². The molecule has 1 atom stereocenters. The van der Waals surface area contributed by atoms with Crippen molar-refractivity contribution >= 4 is 62.1 Å². The van der Waals surface area contributed by atoms with E-state index < -0.39 is 44.2 Å². The van der Waals surface area contributed by atoms with Crippen LogP contribution < -0.4 is 9.08 Å². The van der Waals surface area contributed by atoms with Crippen LogP contribution in [-0.2, 0) is 41.9 Å². The van der Waals surface area contributed by atoms with E-state index >= 15 is 0 Å². The fourth-order valence-corrected chi connectivity index (χ4v) is 7.96. The number of allylic oxidation sites excluding steroid dienone is 8. The number of anilines is 1. The highest BCUT2D eigenvalue weighted by Crippen LogP contribution is 2.49. The van der Waals surface area contributed by atoms with Gasteiger partial charge in [-0.2, -0.15) is 17.2 Å². The maximum absolute atomic E-state index is 11.9. The molecule has 0 bridgehead atoms. The molecule has 1 unspecified atom stereocenters. The monoisotopic (exact) mass is 745 g/mol. The Morgan fingerprint density at radius 2 is 1.68 bits per heavy atom. The summed E-state index contributed by atoms with van der Waals surface area (Å²) in [5.41, 5.74) is 4.77. The second-order valence-electron chi connectivity index (χ2n) is 13.3. The molecule has 0 aromatic heterocycles. The van der Waals surface area contributed by atoms with Gasteiger partial charge in [0, 0.05) is 46.1 Å². The Kier molecular flexibility index (Phi) is 10.3. The number of fused-ring (bicyclic) bond motifs is 2. The fraction of sp³-hybridized carbons (Fsp3) is 0.343. The topological polar surface area (TPSA) is 182 Å². The summed E-state index contributed by atoms with van der Waals surface area (Å²) < 4.78 is 60.9. The molecule has 15 heteroatoms. The van der Waals surface area contributed by atoms with Gasteiger partial charge in [-0.05, 0) is 79.8 Å². The average Bonchev–Trinajstić information content (AvgIpc) is 3.55. The Balaban J connectivity index is 1.50. The molecule has 266 valence electrons. The summed E-state index contributed by atoms with van der Waals surface area (Å²) in [5.74, 6) is -1.72. The van der Waals surface area contributed by atoms with Gasteiger partial charge in [-0.15, -0.1) is 0 Å². The van der Waals surface area contributed by atoms with Crippen LogP contribution in [0.25, 0.3) is 0 Å². The van der Waals surface area contributed by atoms with E-state index in [9.17, 15) is 41.5 Å². The zero-order valence-electron chi connectivity index (χ0n) is 27.8. The van der Waals surface area contributed by atoms with Crippen molar-refractivity contribution in [2.45, 2.75) is 69.1 Å². The van der Waals surface area contributed by atoms with Crippen molar-refractivity contribution in [3.05, 3.63) is 93.7 Å². The number of benzene rings is 2. The van der Waals surface area contributed by atoms with Crippen molar-refractivity contribution in [1.82, 2.24) is 0 Å². The lowest BCUT2D eigenvalue weighted by Gasteiger charge is -2.26. The predicted octanol–water partition coefficient (Wildman–Crippen LogP) is 6.23. The summed E-state index contributed by atoms with van der Waals surface area (Å²) in [4.78, 5) is 24.6. The molecule has 12 nitrogen and oxygen atoms in total. The zero-order valence-corrected chi connectivity index (χ0v) is 30.2. The van der Waals surface area contributed by atoms with Crippen molar-refractivity contribution in [2.24, 2.45) is 0 Å². The Morgan fingerprint density at radius 3 is 2.32 bits per heavy atom. The number of hydrogen-bond donors (Lipinski definition) is 4. The first-order valence-electron chi connectivity index (χ1n) is 15.7. The molecular weight excluding hydrogens is 708 g/mol. The molecule has 3 aliphatic rings.